The smallest absolute Gasteiger partial charge is 0.237 e. The fraction of sp³-hybridized carbons (Fsp3) is 0.345. The second-order valence-corrected chi connectivity index (χ2v) is 10.7. The van der Waals surface area contributed by atoms with Crippen molar-refractivity contribution < 1.29 is 4.74 Å². The number of aromatic nitrogens is 4. The zero-order valence-corrected chi connectivity index (χ0v) is 22.8. The number of benzene rings is 2. The minimum atomic E-state index is 0.138. The van der Waals surface area contributed by atoms with E-state index in [0.717, 1.165) is 48.6 Å². The number of hydrogen-bond acceptors (Lipinski definition) is 7. The molecule has 1 aliphatic rings. The Hall–Kier alpha value is -3.36. The molecule has 8 heteroatoms. The molecule has 0 aliphatic carbocycles. The highest BCUT2D eigenvalue weighted by Crippen LogP contribution is 2.30. The lowest BCUT2D eigenvalue weighted by atomic mass is 10.00. The quantitative estimate of drug-likeness (QED) is 0.276. The van der Waals surface area contributed by atoms with Crippen molar-refractivity contribution in [1.82, 2.24) is 24.6 Å². The summed E-state index contributed by atoms with van der Waals surface area (Å²) in [4.78, 5) is 13.0. The predicted octanol–water partition coefficient (Wildman–Crippen LogP) is 5.62. The van der Waals surface area contributed by atoms with Gasteiger partial charge in [0.2, 0.25) is 11.8 Å². The van der Waals surface area contributed by atoms with Crippen molar-refractivity contribution in [1.29, 1.82) is 0 Å². The van der Waals surface area contributed by atoms with Crippen LogP contribution in [0.3, 0.4) is 0 Å². The van der Waals surface area contributed by atoms with Crippen molar-refractivity contribution in [3.8, 4) is 17.1 Å². The summed E-state index contributed by atoms with van der Waals surface area (Å²) in [5.74, 6) is 1.13. The molecule has 0 radical (unpaired) electrons. The number of aryl methyl sites for hydroxylation is 5. The summed E-state index contributed by atoms with van der Waals surface area (Å²) in [6.45, 7) is 9.30. The third-order valence-electron chi connectivity index (χ3n) is 6.61. The zero-order chi connectivity index (χ0) is 25.8. The standard InChI is InChI=1S/C29H34N6OS/c1-20-8-5-11-23(14-20)12-7-13-35-17-24(18-35)36-27-15-26(28-21(2)9-6-10-22(28)3)31-29(32-27)33-37-25-16-30-34(4)19-25/h5-6,8-11,14-16,19,24H,7,12-13,17-18H2,1-4H3,(H,31,32,33). The molecule has 0 bridgehead atoms. The van der Waals surface area contributed by atoms with Crippen molar-refractivity contribution in [2.75, 3.05) is 24.4 Å². The van der Waals surface area contributed by atoms with E-state index in [9.17, 15) is 0 Å². The molecule has 37 heavy (non-hydrogen) atoms. The minimum absolute atomic E-state index is 0.138. The molecule has 4 aromatic rings. The van der Waals surface area contributed by atoms with Gasteiger partial charge >= 0.3 is 0 Å². The Morgan fingerprint density at radius 1 is 1.03 bits per heavy atom. The largest absolute Gasteiger partial charge is 0.471 e. The van der Waals surface area contributed by atoms with Gasteiger partial charge in [0.25, 0.3) is 0 Å². The third-order valence-corrected chi connectivity index (χ3v) is 7.35. The van der Waals surface area contributed by atoms with Crippen molar-refractivity contribution >= 4 is 17.9 Å². The van der Waals surface area contributed by atoms with Crippen LogP contribution in [0.5, 0.6) is 5.88 Å². The van der Waals surface area contributed by atoms with E-state index in [-0.39, 0.29) is 6.10 Å². The van der Waals surface area contributed by atoms with Gasteiger partial charge in [-0.1, -0.05) is 48.0 Å². The van der Waals surface area contributed by atoms with Crippen LogP contribution in [0.2, 0.25) is 0 Å². The van der Waals surface area contributed by atoms with E-state index >= 15 is 0 Å². The van der Waals surface area contributed by atoms with E-state index in [1.807, 2.05) is 25.5 Å². The summed E-state index contributed by atoms with van der Waals surface area (Å²) < 4.78 is 11.4. The molecule has 0 amide bonds. The zero-order valence-electron chi connectivity index (χ0n) is 21.9. The second kappa shape index (κ2) is 11.4. The van der Waals surface area contributed by atoms with E-state index in [0.29, 0.717) is 11.8 Å². The average Bonchev–Trinajstić information content (AvgIpc) is 3.26. The van der Waals surface area contributed by atoms with Crippen LogP contribution in [0, 0.1) is 20.8 Å². The first-order chi connectivity index (χ1) is 17.9. The third kappa shape index (κ3) is 6.50. The molecule has 3 heterocycles. The predicted molar refractivity (Wildman–Crippen MR) is 150 cm³/mol. The number of anilines is 1. The van der Waals surface area contributed by atoms with Gasteiger partial charge in [0.1, 0.15) is 6.10 Å². The summed E-state index contributed by atoms with van der Waals surface area (Å²) in [5, 5.41) is 4.23. The first-order valence-electron chi connectivity index (χ1n) is 12.7. The van der Waals surface area contributed by atoms with Crippen LogP contribution in [-0.4, -0.2) is 50.4 Å². The lowest BCUT2D eigenvalue weighted by Gasteiger charge is -2.38. The highest BCUT2D eigenvalue weighted by Gasteiger charge is 2.28. The molecule has 2 aromatic heterocycles. The molecule has 1 saturated heterocycles. The molecule has 1 fully saturated rings. The van der Waals surface area contributed by atoms with Crippen LogP contribution in [0.15, 0.2) is 65.8 Å². The van der Waals surface area contributed by atoms with Crippen LogP contribution >= 0.6 is 11.9 Å². The lowest BCUT2D eigenvalue weighted by Crippen LogP contribution is -2.54. The maximum atomic E-state index is 6.34. The number of hydrogen-bond donors (Lipinski definition) is 1. The van der Waals surface area contributed by atoms with Crippen LogP contribution in [0.1, 0.15) is 28.7 Å². The van der Waals surface area contributed by atoms with Gasteiger partial charge in [-0.3, -0.25) is 14.3 Å². The molecular formula is C29H34N6OS. The molecular weight excluding hydrogens is 480 g/mol. The van der Waals surface area contributed by atoms with E-state index in [1.165, 1.54) is 34.2 Å². The first kappa shape index (κ1) is 25.3. The lowest BCUT2D eigenvalue weighted by molar-refractivity contribution is 0.0168. The Kier molecular flexibility index (Phi) is 7.76. The van der Waals surface area contributed by atoms with Gasteiger partial charge < -0.3 is 4.74 Å². The van der Waals surface area contributed by atoms with E-state index < -0.39 is 0 Å². The molecule has 0 unspecified atom stereocenters. The highest BCUT2D eigenvalue weighted by molar-refractivity contribution is 8.00. The molecule has 1 aliphatic heterocycles. The average molecular weight is 515 g/mol. The fourth-order valence-electron chi connectivity index (χ4n) is 4.76. The number of nitrogens with one attached hydrogen (secondary N) is 1. The maximum absolute atomic E-state index is 6.34. The van der Waals surface area contributed by atoms with Gasteiger partial charge in [-0.2, -0.15) is 10.1 Å². The van der Waals surface area contributed by atoms with Crippen LogP contribution in [-0.2, 0) is 13.5 Å². The van der Waals surface area contributed by atoms with E-state index in [4.69, 9.17) is 9.72 Å². The van der Waals surface area contributed by atoms with Crippen LogP contribution < -0.4 is 9.46 Å². The summed E-state index contributed by atoms with van der Waals surface area (Å²) >= 11 is 1.44. The normalized spacial score (nSPS) is 13.9. The molecule has 5 rings (SSSR count). The first-order valence-corrected chi connectivity index (χ1v) is 13.6. The van der Waals surface area contributed by atoms with Crippen LogP contribution in [0.25, 0.3) is 11.3 Å². The van der Waals surface area contributed by atoms with Crippen LogP contribution in [0.4, 0.5) is 5.95 Å². The van der Waals surface area contributed by atoms with Crippen molar-refractivity contribution in [3.63, 3.8) is 0 Å². The summed E-state index contributed by atoms with van der Waals surface area (Å²) in [6, 6.07) is 17.1. The van der Waals surface area contributed by atoms with Gasteiger partial charge in [0.05, 0.1) is 16.8 Å². The highest BCUT2D eigenvalue weighted by atomic mass is 32.2. The monoisotopic (exact) mass is 514 g/mol. The fourth-order valence-corrected chi connectivity index (χ4v) is 5.36. The second-order valence-electron chi connectivity index (χ2n) is 9.83. The minimum Gasteiger partial charge on any atom is -0.471 e. The van der Waals surface area contributed by atoms with Gasteiger partial charge in [-0.15, -0.1) is 0 Å². The summed E-state index contributed by atoms with van der Waals surface area (Å²) in [5.41, 5.74) is 7.09. The van der Waals surface area contributed by atoms with E-state index in [2.05, 4.69) is 82.9 Å². The van der Waals surface area contributed by atoms with Gasteiger partial charge in [0.15, 0.2) is 0 Å². The molecule has 2 aromatic carbocycles. The molecule has 1 N–H and O–H groups in total. The number of likely N-dealkylation sites (tertiary alicyclic amines) is 1. The molecule has 0 atom stereocenters. The molecule has 192 valence electrons. The summed E-state index contributed by atoms with van der Waals surface area (Å²) in [7, 11) is 1.90. The molecule has 0 spiro atoms. The Labute approximate surface area is 223 Å². The van der Waals surface area contributed by atoms with Gasteiger partial charge in [-0.25, -0.2) is 4.98 Å². The van der Waals surface area contributed by atoms with Gasteiger partial charge in [-0.05, 0) is 68.8 Å². The van der Waals surface area contributed by atoms with Crippen molar-refractivity contribution in [3.05, 3.63) is 83.2 Å². The Morgan fingerprint density at radius 3 is 2.54 bits per heavy atom. The number of rotatable bonds is 10. The number of nitrogens with zero attached hydrogens (tertiary/aromatic N) is 5. The number of ether oxygens (including phenoxy) is 1. The molecule has 7 nitrogen and oxygen atoms in total. The van der Waals surface area contributed by atoms with Crippen molar-refractivity contribution in [2.24, 2.45) is 7.05 Å². The van der Waals surface area contributed by atoms with Gasteiger partial charge in [0, 0.05) is 38.0 Å². The Bertz CT molecular complexity index is 1340. The Morgan fingerprint density at radius 2 is 1.81 bits per heavy atom. The molecule has 0 saturated carbocycles. The van der Waals surface area contributed by atoms with E-state index in [1.54, 1.807) is 4.68 Å². The maximum Gasteiger partial charge on any atom is 0.237 e. The summed E-state index contributed by atoms with van der Waals surface area (Å²) in [6.07, 6.45) is 6.16. The van der Waals surface area contributed by atoms with Crippen molar-refractivity contribution in [2.45, 2.75) is 44.6 Å². The Balaban J connectivity index is 1.23. The topological polar surface area (TPSA) is 68.1 Å². The SMILES string of the molecule is Cc1cccc(CCCN2CC(Oc3cc(-c4c(C)cccc4C)nc(NSc4cnn(C)c4)n3)C2)c1.